The zero-order chi connectivity index (χ0) is 32.0. The summed E-state index contributed by atoms with van der Waals surface area (Å²) in [5.74, 6) is -4.96. The van der Waals surface area contributed by atoms with E-state index in [2.05, 4.69) is 15.6 Å². The van der Waals surface area contributed by atoms with Crippen LogP contribution >= 0.6 is 0 Å². The number of fused-ring (bicyclic) bond motifs is 2. The molecular weight excluding hydrogens is 610 g/mol. The van der Waals surface area contributed by atoms with Crippen LogP contribution < -0.4 is 15.4 Å². The van der Waals surface area contributed by atoms with Crippen LogP contribution in [0.3, 0.4) is 0 Å². The predicted octanol–water partition coefficient (Wildman–Crippen LogP) is 4.45. The highest BCUT2D eigenvalue weighted by Gasteiger charge is 2.49. The minimum Gasteiger partial charge on any atom is -0.496 e. The summed E-state index contributed by atoms with van der Waals surface area (Å²) in [6.07, 6.45) is 5.27. The summed E-state index contributed by atoms with van der Waals surface area (Å²) in [5, 5.41) is 14.4. The summed E-state index contributed by atoms with van der Waals surface area (Å²) < 4.78 is 83.0. The molecule has 1 heterocycles. The number of hydrogen-bond donors (Lipinski definition) is 3. The quantitative estimate of drug-likeness (QED) is 0.243. The van der Waals surface area contributed by atoms with Crippen molar-refractivity contribution in [3.63, 3.8) is 0 Å². The number of aromatic nitrogens is 1. The predicted molar refractivity (Wildman–Crippen MR) is 147 cm³/mol. The Bertz CT molecular complexity index is 1790. The molecule has 230 valence electrons. The highest BCUT2D eigenvalue weighted by molar-refractivity contribution is 7.92. The fourth-order valence-corrected chi connectivity index (χ4v) is 6.32. The van der Waals surface area contributed by atoms with Gasteiger partial charge in [0.1, 0.15) is 17.3 Å². The van der Waals surface area contributed by atoms with Crippen LogP contribution in [0, 0.1) is 23.6 Å². The molecule has 44 heavy (non-hydrogen) atoms. The topological polar surface area (TPSA) is 152 Å². The number of benzene rings is 2. The summed E-state index contributed by atoms with van der Waals surface area (Å²) in [4.78, 5) is 40.8. The average molecular weight is 634 g/mol. The Morgan fingerprint density at radius 3 is 2.41 bits per heavy atom. The van der Waals surface area contributed by atoms with Crippen molar-refractivity contribution in [3.05, 3.63) is 84.0 Å². The largest absolute Gasteiger partial charge is 0.501 e. The van der Waals surface area contributed by atoms with E-state index in [1.165, 1.54) is 31.4 Å². The molecule has 0 saturated heterocycles. The maximum Gasteiger partial charge on any atom is 0.501 e. The number of halogens is 4. The van der Waals surface area contributed by atoms with Crippen LogP contribution in [-0.2, 0) is 14.6 Å². The summed E-state index contributed by atoms with van der Waals surface area (Å²) in [6.45, 7) is 0. The van der Waals surface area contributed by atoms with Crippen LogP contribution in [0.15, 0.2) is 71.8 Å². The van der Waals surface area contributed by atoms with Gasteiger partial charge in [-0.3, -0.25) is 9.59 Å². The molecule has 0 aliphatic heterocycles. The smallest absolute Gasteiger partial charge is 0.496 e. The SMILES string of the molecule is COc1cc(F)c(-c2ccc(C(=O)O)nc2)cc1C(=O)N[C@H]1[C@@H](C(=O)Nc2cccc(S(=O)(=O)C(F)(F)F)c2)[C@@H]2C=C[C@H]1C2. The molecule has 3 aromatic rings. The molecule has 1 saturated carbocycles. The van der Waals surface area contributed by atoms with E-state index in [1.807, 2.05) is 6.08 Å². The highest BCUT2D eigenvalue weighted by Crippen LogP contribution is 2.45. The molecule has 2 aliphatic rings. The van der Waals surface area contributed by atoms with Crippen molar-refractivity contribution in [3.8, 4) is 16.9 Å². The van der Waals surface area contributed by atoms with Gasteiger partial charge in [0, 0.05) is 35.1 Å². The number of allylic oxidation sites excluding steroid dienone is 1. The number of amides is 2. The number of anilines is 1. The van der Waals surface area contributed by atoms with Crippen molar-refractivity contribution in [2.24, 2.45) is 17.8 Å². The molecule has 15 heteroatoms. The Balaban J connectivity index is 1.40. The molecule has 10 nitrogen and oxygen atoms in total. The number of hydrogen-bond acceptors (Lipinski definition) is 7. The Morgan fingerprint density at radius 1 is 1.05 bits per heavy atom. The number of carbonyl (C=O) groups is 3. The number of carbonyl (C=O) groups excluding carboxylic acids is 2. The van der Waals surface area contributed by atoms with Crippen LogP contribution in [0.1, 0.15) is 27.3 Å². The van der Waals surface area contributed by atoms with Crippen molar-refractivity contribution in [2.75, 3.05) is 12.4 Å². The van der Waals surface area contributed by atoms with Gasteiger partial charge in [-0.15, -0.1) is 0 Å². The van der Waals surface area contributed by atoms with Crippen LogP contribution in [-0.4, -0.2) is 55.0 Å². The summed E-state index contributed by atoms with van der Waals surface area (Å²) >= 11 is 0. The maximum atomic E-state index is 15.0. The van der Waals surface area contributed by atoms with Gasteiger partial charge in [0.15, 0.2) is 0 Å². The van der Waals surface area contributed by atoms with Gasteiger partial charge in [-0.1, -0.05) is 24.3 Å². The molecule has 0 unspecified atom stereocenters. The first-order valence-electron chi connectivity index (χ1n) is 13.0. The standard InChI is InChI=1S/C29H23F4N3O7S/c1-43-23-12-21(30)19(16-7-8-22(28(39)40)34-13-16)11-20(23)26(37)36-25-15-6-5-14(9-15)24(25)27(38)35-17-3-2-4-18(10-17)44(41,42)29(31,32)33/h2-8,10-15,24-25H,9H2,1H3,(H,35,38)(H,36,37)(H,39,40)/t14-,15+,24+,25-/m1/s1. The first-order chi connectivity index (χ1) is 20.7. The normalized spacial score (nSPS) is 20.8. The number of aromatic carboxylic acids is 1. The zero-order valence-electron chi connectivity index (χ0n) is 22.6. The maximum absolute atomic E-state index is 15.0. The molecule has 5 rings (SSSR count). The number of sulfone groups is 1. The van der Waals surface area contributed by atoms with Crippen LogP contribution in [0.2, 0.25) is 0 Å². The van der Waals surface area contributed by atoms with E-state index in [9.17, 15) is 40.4 Å². The molecule has 1 aromatic heterocycles. The second kappa shape index (κ2) is 11.4. The fourth-order valence-electron chi connectivity index (χ4n) is 5.51. The van der Waals surface area contributed by atoms with E-state index in [4.69, 9.17) is 9.84 Å². The average Bonchev–Trinajstić information content (AvgIpc) is 3.58. The monoisotopic (exact) mass is 633 g/mol. The van der Waals surface area contributed by atoms with Gasteiger partial charge in [0.2, 0.25) is 5.91 Å². The Labute approximate surface area is 247 Å². The van der Waals surface area contributed by atoms with Gasteiger partial charge in [0.05, 0.1) is 23.5 Å². The molecule has 2 aliphatic carbocycles. The first kappa shape index (κ1) is 30.7. The Morgan fingerprint density at radius 2 is 1.77 bits per heavy atom. The second-order valence-electron chi connectivity index (χ2n) is 10.2. The van der Waals surface area contributed by atoms with Gasteiger partial charge < -0.3 is 20.5 Å². The number of rotatable bonds is 8. The summed E-state index contributed by atoms with van der Waals surface area (Å²) in [6, 6.07) is 7.73. The van der Waals surface area contributed by atoms with Gasteiger partial charge in [-0.25, -0.2) is 22.6 Å². The number of carboxylic acids is 1. The Hall–Kier alpha value is -4.79. The minimum atomic E-state index is -5.65. The lowest BCUT2D eigenvalue weighted by atomic mass is 9.87. The third-order valence-corrected chi connectivity index (χ3v) is 9.09. The van der Waals surface area contributed by atoms with Crippen LogP contribution in [0.4, 0.5) is 23.2 Å². The lowest BCUT2D eigenvalue weighted by molar-refractivity contribution is -0.121. The third-order valence-electron chi connectivity index (χ3n) is 7.60. The number of carboxylic acid groups (broad SMARTS) is 1. The van der Waals surface area contributed by atoms with Crippen molar-refractivity contribution < 1.29 is 50.2 Å². The summed E-state index contributed by atoms with van der Waals surface area (Å²) in [7, 11) is -4.41. The molecule has 2 bridgehead atoms. The second-order valence-corrected chi connectivity index (χ2v) is 12.2. The van der Waals surface area contributed by atoms with Gasteiger partial charge in [-0.2, -0.15) is 13.2 Å². The van der Waals surface area contributed by atoms with Gasteiger partial charge in [-0.05, 0) is 48.6 Å². The molecule has 3 N–H and O–H groups in total. The number of nitrogens with one attached hydrogen (secondary N) is 2. The minimum absolute atomic E-state index is 0.0591. The van der Waals surface area contributed by atoms with E-state index in [0.717, 1.165) is 24.4 Å². The van der Waals surface area contributed by atoms with Crippen molar-refractivity contribution in [2.45, 2.75) is 22.9 Å². The van der Waals surface area contributed by atoms with Crippen molar-refractivity contribution in [1.29, 1.82) is 0 Å². The van der Waals surface area contributed by atoms with E-state index in [1.54, 1.807) is 6.08 Å². The molecule has 1 fully saturated rings. The molecule has 2 aromatic carbocycles. The molecule has 0 spiro atoms. The lowest BCUT2D eigenvalue weighted by Crippen LogP contribution is -2.47. The van der Waals surface area contributed by atoms with E-state index in [-0.39, 0.29) is 45.7 Å². The number of pyridine rings is 1. The molecule has 4 atom stereocenters. The van der Waals surface area contributed by atoms with Crippen LogP contribution in [0.25, 0.3) is 11.1 Å². The fraction of sp³-hybridized carbons (Fsp3) is 0.241. The Kier molecular flexibility index (Phi) is 7.92. The van der Waals surface area contributed by atoms with E-state index in [0.29, 0.717) is 12.5 Å². The zero-order valence-corrected chi connectivity index (χ0v) is 23.4. The number of alkyl halides is 3. The molecule has 2 amide bonds. The molecule has 0 radical (unpaired) electrons. The number of nitrogens with zero attached hydrogens (tertiary/aromatic N) is 1. The highest BCUT2D eigenvalue weighted by atomic mass is 32.2. The van der Waals surface area contributed by atoms with Crippen molar-refractivity contribution >= 4 is 33.3 Å². The van der Waals surface area contributed by atoms with Crippen LogP contribution in [0.5, 0.6) is 5.75 Å². The van der Waals surface area contributed by atoms with E-state index < -0.39 is 55.8 Å². The van der Waals surface area contributed by atoms with Gasteiger partial charge >= 0.3 is 11.5 Å². The summed E-state index contributed by atoms with van der Waals surface area (Å²) in [5.41, 5.74) is -5.91. The number of methoxy groups -OCH3 is 1. The lowest BCUT2D eigenvalue weighted by Gasteiger charge is -2.28. The van der Waals surface area contributed by atoms with E-state index >= 15 is 0 Å². The van der Waals surface area contributed by atoms with Crippen molar-refractivity contribution in [1.82, 2.24) is 10.3 Å². The third kappa shape index (κ3) is 5.62. The molecular formula is C29H23F4N3O7S. The number of ether oxygens (including phenoxy) is 1. The first-order valence-corrected chi connectivity index (χ1v) is 14.5. The van der Waals surface area contributed by atoms with Gasteiger partial charge in [0.25, 0.3) is 15.7 Å².